The van der Waals surface area contributed by atoms with E-state index in [1.165, 1.54) is 5.56 Å². The summed E-state index contributed by atoms with van der Waals surface area (Å²) in [6.07, 6.45) is 0. The van der Waals surface area contributed by atoms with Crippen LogP contribution in [-0.4, -0.2) is 17.4 Å². The number of carbonyl (C=O) groups is 1. The Morgan fingerprint density at radius 1 is 1.24 bits per heavy atom. The first kappa shape index (κ1) is 16.1. The maximum absolute atomic E-state index is 12.6. The van der Waals surface area contributed by atoms with E-state index in [0.29, 0.717) is 23.7 Å². The molecule has 4 heteroatoms. The molecule has 0 atom stereocenters. The number of hydrogen-bond donors (Lipinski definition) is 0. The normalized spacial score (nSPS) is 10.5. The Balaban J connectivity index is 2.22. The highest BCUT2D eigenvalue weighted by molar-refractivity contribution is 9.10. The van der Waals surface area contributed by atoms with Crippen LogP contribution in [0.5, 0.6) is 0 Å². The van der Waals surface area contributed by atoms with Crippen molar-refractivity contribution in [2.75, 3.05) is 6.54 Å². The molecule has 0 aliphatic carbocycles. The van der Waals surface area contributed by atoms with Crippen LogP contribution in [0.3, 0.4) is 0 Å². The Kier molecular flexibility index (Phi) is 5.43. The molecule has 0 aliphatic rings. The van der Waals surface area contributed by atoms with Crippen molar-refractivity contribution in [3.8, 4) is 0 Å². The van der Waals surface area contributed by atoms with Crippen molar-refractivity contribution in [3.05, 3.63) is 68.7 Å². The molecule has 0 saturated carbocycles. The number of nitrogens with zero attached hydrogens (tertiary/aromatic N) is 1. The monoisotopic (exact) mass is 365 g/mol. The summed E-state index contributed by atoms with van der Waals surface area (Å²) in [4.78, 5) is 14.4. The van der Waals surface area contributed by atoms with E-state index in [1.54, 1.807) is 18.2 Å². The smallest absolute Gasteiger partial charge is 0.254 e. The van der Waals surface area contributed by atoms with Crippen LogP contribution in [0.4, 0.5) is 0 Å². The van der Waals surface area contributed by atoms with Crippen LogP contribution >= 0.6 is 27.5 Å². The van der Waals surface area contributed by atoms with Gasteiger partial charge in [-0.25, -0.2) is 0 Å². The van der Waals surface area contributed by atoms with Gasteiger partial charge in [0.25, 0.3) is 5.91 Å². The zero-order valence-electron chi connectivity index (χ0n) is 12.1. The molecule has 0 fully saturated rings. The lowest BCUT2D eigenvalue weighted by molar-refractivity contribution is 0.0752. The summed E-state index contributed by atoms with van der Waals surface area (Å²) in [5.74, 6) is -0.00449. The molecule has 0 N–H and O–H groups in total. The number of halogens is 2. The molecule has 2 aromatic carbocycles. The summed E-state index contributed by atoms with van der Waals surface area (Å²) in [5.41, 5.74) is 2.96. The quantitative estimate of drug-likeness (QED) is 0.739. The van der Waals surface area contributed by atoms with Crippen LogP contribution in [0.15, 0.2) is 46.9 Å². The Morgan fingerprint density at radius 2 is 1.95 bits per heavy atom. The number of rotatable bonds is 4. The van der Waals surface area contributed by atoms with Crippen molar-refractivity contribution in [1.29, 1.82) is 0 Å². The zero-order chi connectivity index (χ0) is 15.4. The Labute approximate surface area is 138 Å². The van der Waals surface area contributed by atoms with Crippen LogP contribution in [0.2, 0.25) is 5.02 Å². The molecule has 21 heavy (non-hydrogen) atoms. The molecule has 1 amide bonds. The molecule has 2 aromatic rings. The van der Waals surface area contributed by atoms with Gasteiger partial charge in [-0.2, -0.15) is 0 Å². The predicted molar refractivity (Wildman–Crippen MR) is 90.7 cm³/mol. The first-order valence-electron chi connectivity index (χ1n) is 6.81. The van der Waals surface area contributed by atoms with Gasteiger partial charge in [-0.05, 0) is 59.1 Å². The number of amides is 1. The molecule has 0 heterocycles. The Bertz CT molecular complexity index is 657. The second-order valence-corrected chi connectivity index (χ2v) is 6.14. The standard InChI is InChI=1S/C17H17BrClNO/c1-3-20(11-14-7-5-4-6-12(14)2)17(21)13-8-9-15(18)16(19)10-13/h4-10H,3,11H2,1-2H3. The molecular weight excluding hydrogens is 350 g/mol. The van der Waals surface area contributed by atoms with Crippen LogP contribution in [0.25, 0.3) is 0 Å². The molecule has 0 spiro atoms. The highest BCUT2D eigenvalue weighted by Gasteiger charge is 2.16. The predicted octanol–water partition coefficient (Wildman–Crippen LogP) is 5.07. The fourth-order valence-corrected chi connectivity index (χ4v) is 2.56. The van der Waals surface area contributed by atoms with E-state index >= 15 is 0 Å². The maximum atomic E-state index is 12.6. The van der Waals surface area contributed by atoms with Gasteiger partial charge in [-0.1, -0.05) is 35.9 Å². The first-order chi connectivity index (χ1) is 10.0. The van der Waals surface area contributed by atoms with Crippen molar-refractivity contribution in [2.45, 2.75) is 20.4 Å². The summed E-state index contributed by atoms with van der Waals surface area (Å²) in [6.45, 7) is 5.30. The summed E-state index contributed by atoms with van der Waals surface area (Å²) < 4.78 is 0.794. The lowest BCUT2D eigenvalue weighted by Crippen LogP contribution is -2.30. The molecule has 0 aliphatic heterocycles. The second kappa shape index (κ2) is 7.10. The van der Waals surface area contributed by atoms with E-state index in [9.17, 15) is 4.79 Å². The maximum Gasteiger partial charge on any atom is 0.254 e. The van der Waals surface area contributed by atoms with Gasteiger partial charge < -0.3 is 4.90 Å². The van der Waals surface area contributed by atoms with Gasteiger partial charge in [0.15, 0.2) is 0 Å². The fraction of sp³-hybridized carbons (Fsp3) is 0.235. The second-order valence-electron chi connectivity index (χ2n) is 4.87. The summed E-state index contributed by atoms with van der Waals surface area (Å²) in [7, 11) is 0. The van der Waals surface area contributed by atoms with Gasteiger partial charge in [0.1, 0.15) is 0 Å². The van der Waals surface area contributed by atoms with E-state index in [-0.39, 0.29) is 5.91 Å². The molecule has 0 bridgehead atoms. The molecule has 0 saturated heterocycles. The van der Waals surface area contributed by atoms with Crippen molar-refractivity contribution >= 4 is 33.4 Å². The number of hydrogen-bond acceptors (Lipinski definition) is 1. The zero-order valence-corrected chi connectivity index (χ0v) is 14.4. The Hall–Kier alpha value is -1.32. The van der Waals surface area contributed by atoms with Gasteiger partial charge >= 0.3 is 0 Å². The van der Waals surface area contributed by atoms with Crippen LogP contribution in [-0.2, 0) is 6.54 Å². The summed E-state index contributed by atoms with van der Waals surface area (Å²) >= 11 is 9.41. The van der Waals surface area contributed by atoms with Gasteiger partial charge in [0.2, 0.25) is 0 Å². The number of carbonyl (C=O) groups excluding carboxylic acids is 1. The lowest BCUT2D eigenvalue weighted by Gasteiger charge is -2.22. The third-order valence-electron chi connectivity index (χ3n) is 3.46. The van der Waals surface area contributed by atoms with Crippen LogP contribution < -0.4 is 0 Å². The van der Waals surface area contributed by atoms with Crippen molar-refractivity contribution in [2.24, 2.45) is 0 Å². The molecule has 0 aromatic heterocycles. The molecule has 0 radical (unpaired) electrons. The SMILES string of the molecule is CCN(Cc1ccccc1C)C(=O)c1ccc(Br)c(Cl)c1. The van der Waals surface area contributed by atoms with E-state index in [4.69, 9.17) is 11.6 Å². The van der Waals surface area contributed by atoms with Gasteiger partial charge in [0, 0.05) is 23.1 Å². The summed E-state index contributed by atoms with van der Waals surface area (Å²) in [5, 5.41) is 0.549. The number of aryl methyl sites for hydroxylation is 1. The van der Waals surface area contributed by atoms with E-state index in [2.05, 4.69) is 35.0 Å². The molecule has 2 rings (SSSR count). The molecule has 0 unspecified atom stereocenters. The van der Waals surface area contributed by atoms with E-state index in [1.807, 2.05) is 24.0 Å². The highest BCUT2D eigenvalue weighted by Crippen LogP contribution is 2.24. The van der Waals surface area contributed by atoms with Gasteiger partial charge in [-0.3, -0.25) is 4.79 Å². The number of benzene rings is 2. The topological polar surface area (TPSA) is 20.3 Å². The van der Waals surface area contributed by atoms with Crippen LogP contribution in [0, 0.1) is 6.92 Å². The van der Waals surface area contributed by atoms with Crippen molar-refractivity contribution in [1.82, 2.24) is 4.90 Å². The Morgan fingerprint density at radius 3 is 2.57 bits per heavy atom. The van der Waals surface area contributed by atoms with E-state index < -0.39 is 0 Å². The molecular formula is C17H17BrClNO. The minimum Gasteiger partial charge on any atom is -0.335 e. The lowest BCUT2D eigenvalue weighted by atomic mass is 10.1. The minimum absolute atomic E-state index is 0.00449. The molecule has 110 valence electrons. The fourth-order valence-electron chi connectivity index (χ4n) is 2.13. The van der Waals surface area contributed by atoms with Crippen LogP contribution in [0.1, 0.15) is 28.4 Å². The molecule has 2 nitrogen and oxygen atoms in total. The van der Waals surface area contributed by atoms with Gasteiger partial charge in [-0.15, -0.1) is 0 Å². The third kappa shape index (κ3) is 3.86. The minimum atomic E-state index is -0.00449. The van der Waals surface area contributed by atoms with E-state index in [0.717, 1.165) is 10.0 Å². The van der Waals surface area contributed by atoms with Crippen molar-refractivity contribution in [3.63, 3.8) is 0 Å². The average molecular weight is 367 g/mol. The largest absolute Gasteiger partial charge is 0.335 e. The van der Waals surface area contributed by atoms with Crippen molar-refractivity contribution < 1.29 is 4.79 Å². The average Bonchev–Trinajstić information content (AvgIpc) is 2.48. The van der Waals surface area contributed by atoms with Gasteiger partial charge in [0.05, 0.1) is 5.02 Å². The first-order valence-corrected chi connectivity index (χ1v) is 7.99. The highest BCUT2D eigenvalue weighted by atomic mass is 79.9. The summed E-state index contributed by atoms with van der Waals surface area (Å²) in [6, 6.07) is 13.4. The third-order valence-corrected chi connectivity index (χ3v) is 4.69.